The molecule has 6 heteroatoms. The lowest BCUT2D eigenvalue weighted by molar-refractivity contribution is 0.118. The molecule has 132 valence electrons. The van der Waals surface area contributed by atoms with E-state index in [0.29, 0.717) is 12.0 Å². The zero-order valence-electron chi connectivity index (χ0n) is 15.2. The van der Waals surface area contributed by atoms with Crippen LogP contribution in [0.4, 0.5) is 5.95 Å². The van der Waals surface area contributed by atoms with Gasteiger partial charge in [-0.3, -0.25) is 4.90 Å². The Morgan fingerprint density at radius 2 is 2.12 bits per heavy atom. The Bertz CT molecular complexity index is 817. The topological polar surface area (TPSA) is 53.0 Å². The van der Waals surface area contributed by atoms with Gasteiger partial charge in [0, 0.05) is 26.8 Å². The number of aryl methyl sites for hydroxylation is 1. The highest BCUT2D eigenvalue weighted by Gasteiger charge is 2.33. The molecular formula is C19H26N6. The van der Waals surface area contributed by atoms with Crippen LogP contribution in [-0.4, -0.2) is 51.6 Å². The van der Waals surface area contributed by atoms with Gasteiger partial charge in [0.2, 0.25) is 5.95 Å². The Balaban J connectivity index is 1.57. The number of imidazole rings is 2. The lowest BCUT2D eigenvalue weighted by Gasteiger charge is -2.40. The second-order valence-electron chi connectivity index (χ2n) is 7.22. The standard InChI is InChI=1S/C19H26N6/c1-23-10-6-7-14(18(23)17-11-20-13-25(17)3)12-24(2)19-21-15-8-4-5-9-16(15)22-19/h4-5,8-9,11,13-14,18H,6-7,10,12H2,1-3H3,(H,21,22)/t14-,18+/m0/s1. The molecule has 4 rings (SSSR count). The lowest BCUT2D eigenvalue weighted by Crippen LogP contribution is -2.42. The lowest BCUT2D eigenvalue weighted by atomic mass is 9.87. The predicted octanol–water partition coefficient (Wildman–Crippen LogP) is 2.82. The number of likely N-dealkylation sites (tertiary alicyclic amines) is 1. The highest BCUT2D eigenvalue weighted by atomic mass is 15.3. The molecule has 3 heterocycles. The average molecular weight is 338 g/mol. The molecule has 0 spiro atoms. The number of piperidine rings is 1. The van der Waals surface area contributed by atoms with Crippen molar-refractivity contribution >= 4 is 17.0 Å². The molecule has 0 saturated carbocycles. The van der Waals surface area contributed by atoms with Crippen LogP contribution in [0.15, 0.2) is 36.8 Å². The van der Waals surface area contributed by atoms with Gasteiger partial charge in [0.25, 0.3) is 0 Å². The second kappa shape index (κ2) is 6.52. The van der Waals surface area contributed by atoms with Gasteiger partial charge in [0.1, 0.15) is 0 Å². The third-order valence-corrected chi connectivity index (χ3v) is 5.41. The summed E-state index contributed by atoms with van der Waals surface area (Å²) < 4.78 is 2.15. The number of aromatic nitrogens is 4. The highest BCUT2D eigenvalue weighted by molar-refractivity contribution is 5.77. The van der Waals surface area contributed by atoms with Gasteiger partial charge < -0.3 is 14.5 Å². The number of fused-ring (bicyclic) bond motifs is 1. The Morgan fingerprint density at radius 1 is 1.28 bits per heavy atom. The first kappa shape index (κ1) is 16.1. The number of nitrogens with one attached hydrogen (secondary N) is 1. The number of hydrogen-bond acceptors (Lipinski definition) is 4. The molecule has 1 N–H and O–H groups in total. The molecule has 2 aromatic heterocycles. The van der Waals surface area contributed by atoms with Crippen LogP contribution in [0.2, 0.25) is 0 Å². The number of benzene rings is 1. The first-order valence-corrected chi connectivity index (χ1v) is 8.96. The van der Waals surface area contributed by atoms with E-state index >= 15 is 0 Å². The summed E-state index contributed by atoms with van der Waals surface area (Å²) >= 11 is 0. The first-order valence-electron chi connectivity index (χ1n) is 8.96. The Morgan fingerprint density at radius 3 is 2.88 bits per heavy atom. The van der Waals surface area contributed by atoms with Crippen molar-refractivity contribution in [1.82, 2.24) is 24.4 Å². The molecule has 2 atom stereocenters. The van der Waals surface area contributed by atoms with Crippen LogP contribution >= 0.6 is 0 Å². The number of H-pyrrole nitrogens is 1. The van der Waals surface area contributed by atoms with Crippen molar-refractivity contribution in [3.05, 3.63) is 42.5 Å². The third kappa shape index (κ3) is 3.02. The second-order valence-corrected chi connectivity index (χ2v) is 7.22. The molecule has 1 fully saturated rings. The predicted molar refractivity (Wildman–Crippen MR) is 101 cm³/mol. The number of aromatic amines is 1. The van der Waals surface area contributed by atoms with Gasteiger partial charge in [-0.05, 0) is 44.5 Å². The maximum absolute atomic E-state index is 4.74. The molecule has 0 aliphatic carbocycles. The van der Waals surface area contributed by atoms with Crippen molar-refractivity contribution in [1.29, 1.82) is 0 Å². The monoisotopic (exact) mass is 338 g/mol. The zero-order valence-corrected chi connectivity index (χ0v) is 15.2. The first-order chi connectivity index (χ1) is 12.1. The van der Waals surface area contributed by atoms with Gasteiger partial charge in [0.05, 0.1) is 29.1 Å². The third-order valence-electron chi connectivity index (χ3n) is 5.41. The van der Waals surface area contributed by atoms with E-state index in [1.54, 1.807) is 0 Å². The smallest absolute Gasteiger partial charge is 0.203 e. The van der Waals surface area contributed by atoms with Crippen LogP contribution in [0, 0.1) is 5.92 Å². The Labute approximate surface area is 148 Å². The molecular weight excluding hydrogens is 312 g/mol. The van der Waals surface area contributed by atoms with Gasteiger partial charge in [0.15, 0.2) is 0 Å². The number of rotatable bonds is 4. The Hall–Kier alpha value is -2.34. The van der Waals surface area contributed by atoms with Crippen molar-refractivity contribution in [2.45, 2.75) is 18.9 Å². The largest absolute Gasteiger partial charge is 0.345 e. The van der Waals surface area contributed by atoms with Crippen molar-refractivity contribution in [3.63, 3.8) is 0 Å². The fourth-order valence-corrected chi connectivity index (χ4v) is 4.13. The SMILES string of the molecule is CN(C[C@@H]1CCCN(C)[C@H]1c1cncn1C)c1nc2ccccc2[nH]1. The molecule has 1 aliphatic heterocycles. The van der Waals surface area contributed by atoms with Gasteiger partial charge in [-0.2, -0.15) is 0 Å². The normalized spacial score (nSPS) is 21.7. The molecule has 0 amide bonds. The quantitative estimate of drug-likeness (QED) is 0.795. The molecule has 1 aromatic carbocycles. The fraction of sp³-hybridized carbons (Fsp3) is 0.474. The summed E-state index contributed by atoms with van der Waals surface area (Å²) in [5, 5.41) is 0. The van der Waals surface area contributed by atoms with E-state index in [0.717, 1.165) is 30.1 Å². The van der Waals surface area contributed by atoms with Gasteiger partial charge in [-0.1, -0.05) is 12.1 Å². The van der Waals surface area contributed by atoms with Crippen molar-refractivity contribution < 1.29 is 0 Å². The van der Waals surface area contributed by atoms with Crippen molar-refractivity contribution in [2.75, 3.05) is 32.1 Å². The van der Waals surface area contributed by atoms with Gasteiger partial charge in [-0.15, -0.1) is 0 Å². The van der Waals surface area contributed by atoms with E-state index in [2.05, 4.69) is 57.6 Å². The fourth-order valence-electron chi connectivity index (χ4n) is 4.13. The van der Waals surface area contributed by atoms with Crippen LogP contribution in [0.5, 0.6) is 0 Å². The van der Waals surface area contributed by atoms with Crippen LogP contribution in [-0.2, 0) is 7.05 Å². The minimum atomic E-state index is 0.396. The molecule has 0 unspecified atom stereocenters. The number of para-hydroxylation sites is 2. The molecule has 6 nitrogen and oxygen atoms in total. The maximum atomic E-state index is 4.74. The number of anilines is 1. The zero-order chi connectivity index (χ0) is 17.4. The van der Waals surface area contributed by atoms with Gasteiger partial charge in [-0.25, -0.2) is 9.97 Å². The number of nitrogens with zero attached hydrogens (tertiary/aromatic N) is 5. The summed E-state index contributed by atoms with van der Waals surface area (Å²) in [6, 6.07) is 8.59. The van der Waals surface area contributed by atoms with E-state index in [1.807, 2.05) is 24.7 Å². The molecule has 3 aromatic rings. The summed E-state index contributed by atoms with van der Waals surface area (Å²) in [7, 11) is 6.45. The number of hydrogen-bond donors (Lipinski definition) is 1. The van der Waals surface area contributed by atoms with Crippen LogP contribution in [0.25, 0.3) is 11.0 Å². The van der Waals surface area contributed by atoms with E-state index in [-0.39, 0.29) is 0 Å². The molecule has 1 saturated heterocycles. The van der Waals surface area contributed by atoms with E-state index in [9.17, 15) is 0 Å². The van der Waals surface area contributed by atoms with Crippen LogP contribution in [0.3, 0.4) is 0 Å². The summed E-state index contributed by atoms with van der Waals surface area (Å²) in [4.78, 5) is 17.2. The van der Waals surface area contributed by atoms with E-state index < -0.39 is 0 Å². The molecule has 1 aliphatic rings. The van der Waals surface area contributed by atoms with E-state index in [4.69, 9.17) is 4.98 Å². The summed E-state index contributed by atoms with van der Waals surface area (Å²) in [6.07, 6.45) is 6.38. The summed E-state index contributed by atoms with van der Waals surface area (Å²) in [5.74, 6) is 1.49. The molecule has 0 bridgehead atoms. The maximum Gasteiger partial charge on any atom is 0.203 e. The van der Waals surface area contributed by atoms with Crippen molar-refractivity contribution in [2.24, 2.45) is 13.0 Å². The average Bonchev–Trinajstić information content (AvgIpc) is 3.21. The van der Waals surface area contributed by atoms with E-state index in [1.165, 1.54) is 18.5 Å². The van der Waals surface area contributed by atoms with Crippen LogP contribution < -0.4 is 4.90 Å². The minimum Gasteiger partial charge on any atom is -0.345 e. The highest BCUT2D eigenvalue weighted by Crippen LogP contribution is 2.35. The summed E-state index contributed by atoms with van der Waals surface area (Å²) in [5.41, 5.74) is 3.41. The Kier molecular flexibility index (Phi) is 4.21. The molecule has 25 heavy (non-hydrogen) atoms. The van der Waals surface area contributed by atoms with Crippen LogP contribution in [0.1, 0.15) is 24.6 Å². The van der Waals surface area contributed by atoms with Gasteiger partial charge >= 0.3 is 0 Å². The molecule has 0 radical (unpaired) electrons. The summed E-state index contributed by atoms with van der Waals surface area (Å²) in [6.45, 7) is 2.11. The van der Waals surface area contributed by atoms with Crippen molar-refractivity contribution in [3.8, 4) is 0 Å². The minimum absolute atomic E-state index is 0.396.